The summed E-state index contributed by atoms with van der Waals surface area (Å²) in [4.78, 5) is 10.9. The number of nitrogens with one attached hydrogen (secondary N) is 1. The molecule has 92 valence electrons. The van der Waals surface area contributed by atoms with E-state index >= 15 is 0 Å². The minimum atomic E-state index is -0.356. The summed E-state index contributed by atoms with van der Waals surface area (Å²) >= 11 is 0. The van der Waals surface area contributed by atoms with Gasteiger partial charge >= 0.3 is 5.97 Å². The average Bonchev–Trinajstić information content (AvgIpc) is 2.76. The van der Waals surface area contributed by atoms with Crippen LogP contribution in [0.1, 0.15) is 5.56 Å². The van der Waals surface area contributed by atoms with E-state index in [4.69, 9.17) is 9.47 Å². The molecule has 0 atom stereocenters. The SMILES string of the molecule is COC(=O)CNCc1cc2c(cc1O)OCO2. The molecule has 0 saturated heterocycles. The number of phenols is 1. The zero-order valence-corrected chi connectivity index (χ0v) is 9.36. The largest absolute Gasteiger partial charge is 0.507 e. The Hall–Kier alpha value is -1.95. The van der Waals surface area contributed by atoms with E-state index < -0.39 is 0 Å². The van der Waals surface area contributed by atoms with Crippen LogP contribution < -0.4 is 14.8 Å². The molecular formula is C11H13NO5. The second-order valence-electron chi connectivity index (χ2n) is 3.51. The van der Waals surface area contributed by atoms with Crippen LogP contribution in [-0.4, -0.2) is 31.5 Å². The second-order valence-corrected chi connectivity index (χ2v) is 3.51. The molecule has 0 fully saturated rings. The van der Waals surface area contributed by atoms with E-state index in [0.29, 0.717) is 23.6 Å². The van der Waals surface area contributed by atoms with Gasteiger partial charge in [0, 0.05) is 18.2 Å². The average molecular weight is 239 g/mol. The van der Waals surface area contributed by atoms with Gasteiger partial charge in [0.1, 0.15) is 5.75 Å². The van der Waals surface area contributed by atoms with Crippen LogP contribution in [0.25, 0.3) is 0 Å². The lowest BCUT2D eigenvalue weighted by Crippen LogP contribution is -2.23. The molecule has 6 nitrogen and oxygen atoms in total. The Bertz CT molecular complexity index is 432. The van der Waals surface area contributed by atoms with Crippen LogP contribution in [0.15, 0.2) is 12.1 Å². The fraction of sp³-hybridized carbons (Fsp3) is 0.364. The highest BCUT2D eigenvalue weighted by molar-refractivity contribution is 5.71. The van der Waals surface area contributed by atoms with Gasteiger partial charge < -0.3 is 24.6 Å². The normalized spacial score (nSPS) is 12.5. The predicted molar refractivity (Wildman–Crippen MR) is 58.0 cm³/mol. The predicted octanol–water partition coefficient (Wildman–Crippen LogP) is 0.383. The first-order chi connectivity index (χ1) is 8.20. The van der Waals surface area contributed by atoms with Gasteiger partial charge in [0.2, 0.25) is 6.79 Å². The Balaban J connectivity index is 1.99. The summed E-state index contributed by atoms with van der Waals surface area (Å²) in [6.45, 7) is 0.593. The molecule has 0 unspecified atom stereocenters. The lowest BCUT2D eigenvalue weighted by Gasteiger charge is -2.07. The molecule has 0 aliphatic carbocycles. The molecule has 2 rings (SSSR count). The maximum absolute atomic E-state index is 10.9. The molecule has 1 aromatic rings. The molecule has 1 aromatic carbocycles. The molecule has 2 N–H and O–H groups in total. The zero-order chi connectivity index (χ0) is 12.3. The standard InChI is InChI=1S/C11H13NO5/c1-15-11(14)5-12-4-7-2-9-10(3-8(7)13)17-6-16-9/h2-3,12-13H,4-6H2,1H3. The van der Waals surface area contributed by atoms with Gasteiger partial charge in [0.15, 0.2) is 11.5 Å². The third kappa shape index (κ3) is 2.59. The Morgan fingerprint density at radius 1 is 1.47 bits per heavy atom. The van der Waals surface area contributed by atoms with Crippen LogP contribution in [0.2, 0.25) is 0 Å². The summed E-state index contributed by atoms with van der Waals surface area (Å²) in [5.74, 6) is 0.869. The van der Waals surface area contributed by atoms with Gasteiger partial charge in [-0.2, -0.15) is 0 Å². The van der Waals surface area contributed by atoms with Crippen LogP contribution in [0.5, 0.6) is 17.2 Å². The molecule has 0 radical (unpaired) electrons. The quantitative estimate of drug-likeness (QED) is 0.740. The molecule has 0 aromatic heterocycles. The smallest absolute Gasteiger partial charge is 0.319 e. The summed E-state index contributed by atoms with van der Waals surface area (Å²) in [6, 6.07) is 3.18. The summed E-state index contributed by atoms with van der Waals surface area (Å²) in [5.41, 5.74) is 0.637. The van der Waals surface area contributed by atoms with Crippen molar-refractivity contribution in [1.29, 1.82) is 0 Å². The molecule has 0 bridgehead atoms. The van der Waals surface area contributed by atoms with Gasteiger partial charge in [-0.1, -0.05) is 0 Å². The Kier molecular flexibility index (Phi) is 3.34. The second kappa shape index (κ2) is 4.92. The van der Waals surface area contributed by atoms with Crippen molar-refractivity contribution in [2.45, 2.75) is 6.54 Å². The minimum absolute atomic E-state index is 0.0877. The van der Waals surface area contributed by atoms with Gasteiger partial charge in [-0.15, -0.1) is 0 Å². The molecule has 1 aliphatic heterocycles. The summed E-state index contributed by atoms with van der Waals surface area (Å²) in [7, 11) is 1.32. The number of methoxy groups -OCH3 is 1. The first-order valence-corrected chi connectivity index (χ1v) is 5.09. The number of carbonyl (C=O) groups is 1. The van der Waals surface area contributed by atoms with Crippen molar-refractivity contribution < 1.29 is 24.1 Å². The molecule has 17 heavy (non-hydrogen) atoms. The van der Waals surface area contributed by atoms with Crippen molar-refractivity contribution in [3.63, 3.8) is 0 Å². The topological polar surface area (TPSA) is 77.0 Å². The van der Waals surface area contributed by atoms with Gasteiger partial charge in [-0.25, -0.2) is 0 Å². The van der Waals surface area contributed by atoms with Crippen LogP contribution >= 0.6 is 0 Å². The number of fused-ring (bicyclic) bond motifs is 1. The van der Waals surface area contributed by atoms with E-state index in [1.807, 2.05) is 0 Å². The number of benzene rings is 1. The van der Waals surface area contributed by atoms with E-state index in [2.05, 4.69) is 10.1 Å². The van der Waals surface area contributed by atoms with Gasteiger partial charge in [-0.05, 0) is 6.07 Å². The van der Waals surface area contributed by atoms with E-state index in [9.17, 15) is 9.90 Å². The van der Waals surface area contributed by atoms with Crippen LogP contribution in [-0.2, 0) is 16.1 Å². The van der Waals surface area contributed by atoms with Crippen molar-refractivity contribution in [3.05, 3.63) is 17.7 Å². The zero-order valence-electron chi connectivity index (χ0n) is 9.36. The van der Waals surface area contributed by atoms with E-state index in [1.54, 1.807) is 6.07 Å². The van der Waals surface area contributed by atoms with Crippen molar-refractivity contribution in [1.82, 2.24) is 5.32 Å². The monoisotopic (exact) mass is 239 g/mol. The summed E-state index contributed by atoms with van der Waals surface area (Å²) < 4.78 is 14.8. The number of phenolic OH excluding ortho intramolecular Hbond substituents is 1. The lowest BCUT2D eigenvalue weighted by atomic mass is 10.1. The van der Waals surface area contributed by atoms with Gasteiger partial charge in [0.25, 0.3) is 0 Å². The lowest BCUT2D eigenvalue weighted by molar-refractivity contribution is -0.139. The van der Waals surface area contributed by atoms with Crippen molar-refractivity contribution in [2.75, 3.05) is 20.4 Å². The van der Waals surface area contributed by atoms with Crippen molar-refractivity contribution in [3.8, 4) is 17.2 Å². The number of hydrogen-bond acceptors (Lipinski definition) is 6. The molecule has 0 spiro atoms. The van der Waals surface area contributed by atoms with Crippen molar-refractivity contribution in [2.24, 2.45) is 0 Å². The van der Waals surface area contributed by atoms with Crippen LogP contribution in [0.4, 0.5) is 0 Å². The van der Waals surface area contributed by atoms with E-state index in [-0.39, 0.29) is 25.1 Å². The van der Waals surface area contributed by atoms with Gasteiger partial charge in [-0.3, -0.25) is 4.79 Å². The van der Waals surface area contributed by atoms with E-state index in [0.717, 1.165) is 0 Å². The highest BCUT2D eigenvalue weighted by atomic mass is 16.7. The summed E-state index contributed by atoms with van der Waals surface area (Å²) in [5, 5.41) is 12.6. The maximum Gasteiger partial charge on any atom is 0.319 e. The van der Waals surface area contributed by atoms with E-state index in [1.165, 1.54) is 13.2 Å². The Labute approximate surface area is 98.1 Å². The highest BCUT2D eigenvalue weighted by Crippen LogP contribution is 2.37. The van der Waals surface area contributed by atoms with Crippen LogP contribution in [0, 0.1) is 0 Å². The first kappa shape index (κ1) is 11.5. The van der Waals surface area contributed by atoms with Gasteiger partial charge in [0.05, 0.1) is 13.7 Å². The minimum Gasteiger partial charge on any atom is -0.507 e. The molecule has 1 aliphatic rings. The molecule has 0 amide bonds. The van der Waals surface area contributed by atoms with Crippen molar-refractivity contribution >= 4 is 5.97 Å². The number of aromatic hydroxyl groups is 1. The number of rotatable bonds is 4. The number of carbonyl (C=O) groups excluding carboxylic acids is 1. The number of esters is 1. The maximum atomic E-state index is 10.9. The molecule has 0 saturated carbocycles. The Morgan fingerprint density at radius 2 is 2.18 bits per heavy atom. The third-order valence-electron chi connectivity index (χ3n) is 2.39. The first-order valence-electron chi connectivity index (χ1n) is 5.09. The molecule has 6 heteroatoms. The molecular weight excluding hydrogens is 226 g/mol. The third-order valence-corrected chi connectivity index (χ3v) is 2.39. The highest BCUT2D eigenvalue weighted by Gasteiger charge is 2.16. The fourth-order valence-corrected chi connectivity index (χ4v) is 1.49. The number of hydrogen-bond donors (Lipinski definition) is 2. The fourth-order valence-electron chi connectivity index (χ4n) is 1.49. The van der Waals surface area contributed by atoms with Crippen LogP contribution in [0.3, 0.4) is 0 Å². The number of ether oxygens (including phenoxy) is 3. The summed E-state index contributed by atoms with van der Waals surface area (Å²) in [6.07, 6.45) is 0. The Morgan fingerprint density at radius 3 is 2.88 bits per heavy atom. The molecule has 1 heterocycles.